The van der Waals surface area contributed by atoms with Gasteiger partial charge in [-0.3, -0.25) is 0 Å². The molecule has 0 saturated carbocycles. The Morgan fingerprint density at radius 1 is 1.23 bits per heavy atom. The van der Waals surface area contributed by atoms with Crippen molar-refractivity contribution in [2.75, 3.05) is 19.8 Å². The molecule has 1 aliphatic rings. The fourth-order valence-corrected chi connectivity index (χ4v) is 3.81. The largest absolute Gasteiger partial charge is 0.486 e. The van der Waals surface area contributed by atoms with Gasteiger partial charge in [-0.1, -0.05) is 0 Å². The van der Waals surface area contributed by atoms with E-state index in [1.807, 2.05) is 5.38 Å². The van der Waals surface area contributed by atoms with Crippen molar-refractivity contribution in [3.8, 4) is 11.5 Å². The van der Waals surface area contributed by atoms with Crippen molar-refractivity contribution in [3.63, 3.8) is 0 Å². The zero-order valence-corrected chi connectivity index (χ0v) is 13.2. The van der Waals surface area contributed by atoms with Gasteiger partial charge in [0, 0.05) is 12.6 Å². The number of nitrogens with one attached hydrogen (secondary N) is 1. The molecule has 1 aromatic carbocycles. The summed E-state index contributed by atoms with van der Waals surface area (Å²) in [5.74, 6) is 0.941. The van der Waals surface area contributed by atoms with Crippen LogP contribution in [0.4, 0.5) is 0 Å². The third-order valence-electron chi connectivity index (χ3n) is 3.22. The molecular formula is C14H15NO5S2. The Morgan fingerprint density at radius 2 is 2.00 bits per heavy atom. The van der Waals surface area contributed by atoms with Gasteiger partial charge >= 0.3 is 0 Å². The minimum Gasteiger partial charge on any atom is -0.486 e. The Balaban J connectivity index is 1.72. The molecule has 0 aliphatic carbocycles. The van der Waals surface area contributed by atoms with Crippen LogP contribution >= 0.6 is 11.3 Å². The first-order valence-electron chi connectivity index (χ1n) is 6.66. The molecule has 0 bridgehead atoms. The van der Waals surface area contributed by atoms with Crippen LogP contribution in [0.5, 0.6) is 11.5 Å². The van der Waals surface area contributed by atoms with E-state index in [-0.39, 0.29) is 11.4 Å². The first-order valence-corrected chi connectivity index (χ1v) is 9.08. The Morgan fingerprint density at radius 3 is 2.73 bits per heavy atom. The Labute approximate surface area is 132 Å². The summed E-state index contributed by atoms with van der Waals surface area (Å²) in [7, 11) is -3.72. The SMILES string of the molecule is O=S(=O)(NC[C@@H](O)c1ccsc1)c1ccc2c(c1)OCCO2. The lowest BCUT2D eigenvalue weighted by Crippen LogP contribution is -2.28. The maximum absolute atomic E-state index is 12.3. The van der Waals surface area contributed by atoms with E-state index < -0.39 is 16.1 Å². The lowest BCUT2D eigenvalue weighted by Gasteiger charge is -2.19. The van der Waals surface area contributed by atoms with Crippen LogP contribution in [0.15, 0.2) is 39.9 Å². The number of thiophene rings is 1. The van der Waals surface area contributed by atoms with Crippen molar-refractivity contribution in [2.45, 2.75) is 11.0 Å². The molecule has 2 aromatic rings. The molecule has 0 saturated heterocycles. The van der Waals surface area contributed by atoms with Crippen LogP contribution in [0.2, 0.25) is 0 Å². The third-order valence-corrected chi connectivity index (χ3v) is 5.34. The average Bonchev–Trinajstić information content (AvgIpc) is 3.07. The van der Waals surface area contributed by atoms with E-state index in [1.54, 1.807) is 17.5 Å². The number of aliphatic hydroxyl groups is 1. The number of benzene rings is 1. The predicted octanol–water partition coefficient (Wildman–Crippen LogP) is 1.53. The van der Waals surface area contributed by atoms with E-state index in [0.717, 1.165) is 0 Å². The molecule has 1 aromatic heterocycles. The molecule has 2 heterocycles. The van der Waals surface area contributed by atoms with Gasteiger partial charge in [0.2, 0.25) is 10.0 Å². The lowest BCUT2D eigenvalue weighted by atomic mass is 10.2. The van der Waals surface area contributed by atoms with E-state index >= 15 is 0 Å². The van der Waals surface area contributed by atoms with Crippen LogP contribution in [-0.2, 0) is 10.0 Å². The van der Waals surface area contributed by atoms with E-state index in [2.05, 4.69) is 4.72 Å². The zero-order chi connectivity index (χ0) is 15.6. The topological polar surface area (TPSA) is 84.9 Å². The van der Waals surface area contributed by atoms with Crippen LogP contribution in [0.3, 0.4) is 0 Å². The second-order valence-corrected chi connectivity index (χ2v) is 7.28. The molecule has 0 spiro atoms. The van der Waals surface area contributed by atoms with E-state index in [1.165, 1.54) is 23.5 Å². The van der Waals surface area contributed by atoms with Crippen molar-refractivity contribution >= 4 is 21.4 Å². The summed E-state index contributed by atoms with van der Waals surface area (Å²) in [6.45, 7) is 0.749. The molecule has 0 fully saturated rings. The van der Waals surface area contributed by atoms with Gasteiger partial charge in [-0.25, -0.2) is 13.1 Å². The van der Waals surface area contributed by atoms with Gasteiger partial charge in [0.25, 0.3) is 0 Å². The fourth-order valence-electron chi connectivity index (χ4n) is 2.05. The molecular weight excluding hydrogens is 326 g/mol. The van der Waals surface area contributed by atoms with Gasteiger partial charge < -0.3 is 14.6 Å². The van der Waals surface area contributed by atoms with Crippen LogP contribution in [0.1, 0.15) is 11.7 Å². The molecule has 1 aliphatic heterocycles. The molecule has 22 heavy (non-hydrogen) atoms. The van der Waals surface area contributed by atoms with Crippen molar-refractivity contribution < 1.29 is 23.0 Å². The highest BCUT2D eigenvalue weighted by atomic mass is 32.2. The summed E-state index contributed by atoms with van der Waals surface area (Å²) in [4.78, 5) is 0.0780. The molecule has 8 heteroatoms. The number of fused-ring (bicyclic) bond motifs is 1. The minimum atomic E-state index is -3.72. The summed E-state index contributed by atoms with van der Waals surface area (Å²) in [5.41, 5.74) is 0.690. The maximum atomic E-state index is 12.3. The maximum Gasteiger partial charge on any atom is 0.240 e. The van der Waals surface area contributed by atoms with Gasteiger partial charge in [-0.15, -0.1) is 0 Å². The first-order chi connectivity index (χ1) is 10.6. The van der Waals surface area contributed by atoms with E-state index in [4.69, 9.17) is 9.47 Å². The number of ether oxygens (including phenoxy) is 2. The monoisotopic (exact) mass is 341 g/mol. The zero-order valence-electron chi connectivity index (χ0n) is 11.6. The predicted molar refractivity (Wildman–Crippen MR) is 81.9 cm³/mol. The molecule has 6 nitrogen and oxygen atoms in total. The molecule has 0 radical (unpaired) electrons. The summed E-state index contributed by atoms with van der Waals surface area (Å²) >= 11 is 1.45. The third kappa shape index (κ3) is 3.25. The summed E-state index contributed by atoms with van der Waals surface area (Å²) in [6, 6.07) is 6.20. The standard InChI is InChI=1S/C14H15NO5S2/c16-12(10-3-6-21-9-10)8-15-22(17,18)11-1-2-13-14(7-11)20-5-4-19-13/h1-3,6-7,9,12,15-16H,4-5,8H2/t12-/m1/s1. The lowest BCUT2D eigenvalue weighted by molar-refractivity contribution is 0.171. The second kappa shape index (κ2) is 6.25. The fraction of sp³-hybridized carbons (Fsp3) is 0.286. The molecule has 0 amide bonds. The highest BCUT2D eigenvalue weighted by Crippen LogP contribution is 2.32. The van der Waals surface area contributed by atoms with Crippen LogP contribution < -0.4 is 14.2 Å². The number of hydrogen-bond donors (Lipinski definition) is 2. The van der Waals surface area contributed by atoms with Gasteiger partial charge in [0.1, 0.15) is 13.2 Å². The van der Waals surface area contributed by atoms with Gasteiger partial charge in [-0.2, -0.15) is 11.3 Å². The second-order valence-electron chi connectivity index (χ2n) is 4.73. The summed E-state index contributed by atoms with van der Waals surface area (Å²) in [5, 5.41) is 13.6. The van der Waals surface area contributed by atoms with Crippen molar-refractivity contribution in [3.05, 3.63) is 40.6 Å². The molecule has 2 N–H and O–H groups in total. The number of aliphatic hydroxyl groups excluding tert-OH is 1. The Bertz CT molecular complexity index is 743. The average molecular weight is 341 g/mol. The van der Waals surface area contributed by atoms with Crippen LogP contribution in [0, 0.1) is 0 Å². The smallest absolute Gasteiger partial charge is 0.240 e. The summed E-state index contributed by atoms with van der Waals surface area (Å²) < 4.78 is 37.7. The highest BCUT2D eigenvalue weighted by molar-refractivity contribution is 7.89. The quantitative estimate of drug-likeness (QED) is 0.861. The minimum absolute atomic E-state index is 0.0780. The Kier molecular flexibility index (Phi) is 4.34. The van der Waals surface area contributed by atoms with Crippen LogP contribution in [-0.4, -0.2) is 33.3 Å². The highest BCUT2D eigenvalue weighted by Gasteiger charge is 2.20. The normalized spacial score (nSPS) is 15.5. The first kappa shape index (κ1) is 15.3. The van der Waals surface area contributed by atoms with Crippen molar-refractivity contribution in [1.82, 2.24) is 4.72 Å². The number of rotatable bonds is 5. The number of hydrogen-bond acceptors (Lipinski definition) is 6. The van der Waals surface area contributed by atoms with E-state index in [0.29, 0.717) is 30.3 Å². The van der Waals surface area contributed by atoms with Gasteiger partial charge in [-0.05, 0) is 34.5 Å². The molecule has 0 unspecified atom stereocenters. The van der Waals surface area contributed by atoms with Crippen molar-refractivity contribution in [2.24, 2.45) is 0 Å². The molecule has 3 rings (SSSR count). The van der Waals surface area contributed by atoms with Crippen molar-refractivity contribution in [1.29, 1.82) is 0 Å². The number of sulfonamides is 1. The summed E-state index contributed by atoms with van der Waals surface area (Å²) in [6.07, 6.45) is -0.877. The Hall–Kier alpha value is -1.61. The van der Waals surface area contributed by atoms with Crippen LogP contribution in [0.25, 0.3) is 0 Å². The van der Waals surface area contributed by atoms with Gasteiger partial charge in [0.05, 0.1) is 11.0 Å². The molecule has 1 atom stereocenters. The van der Waals surface area contributed by atoms with Gasteiger partial charge in [0.15, 0.2) is 11.5 Å². The molecule has 118 valence electrons. The van der Waals surface area contributed by atoms with E-state index in [9.17, 15) is 13.5 Å².